The van der Waals surface area contributed by atoms with Crippen molar-refractivity contribution in [1.29, 1.82) is 0 Å². The van der Waals surface area contributed by atoms with Gasteiger partial charge in [-0.05, 0) is 60.5 Å². The van der Waals surface area contributed by atoms with Crippen LogP contribution in [-0.4, -0.2) is 120 Å². The van der Waals surface area contributed by atoms with Gasteiger partial charge in [0.25, 0.3) is 11.8 Å². The highest BCUT2D eigenvalue weighted by atomic mass is 16.7. The van der Waals surface area contributed by atoms with E-state index < -0.39 is 29.0 Å². The first-order valence-corrected chi connectivity index (χ1v) is 15.0. The molecule has 0 spiro atoms. The Morgan fingerprint density at radius 2 is 1.12 bits per heavy atom. The molecule has 0 aromatic rings. The summed E-state index contributed by atoms with van der Waals surface area (Å²) in [6, 6.07) is 0. The minimum atomic E-state index is -0.634. The van der Waals surface area contributed by atoms with Gasteiger partial charge < -0.3 is 14.3 Å². The molecule has 2 aliphatic rings. The second-order valence-corrected chi connectivity index (χ2v) is 12.9. The van der Waals surface area contributed by atoms with Crippen LogP contribution in [0, 0.1) is 0 Å². The Kier molecular flexibility index (Phi) is 14.0. The molecule has 2 aliphatic heterocycles. The van der Waals surface area contributed by atoms with E-state index in [9.17, 15) is 24.0 Å². The summed E-state index contributed by atoms with van der Waals surface area (Å²) in [4.78, 5) is 71.9. The molecule has 2 heterocycles. The van der Waals surface area contributed by atoms with Crippen LogP contribution in [0.15, 0.2) is 23.8 Å². The largest absolute Gasteiger partial charge is 0.459 e. The summed E-state index contributed by atoms with van der Waals surface area (Å²) in [5, 5.41) is 0.562. The van der Waals surface area contributed by atoms with Gasteiger partial charge in [0.1, 0.15) is 11.2 Å². The maximum Gasteiger partial charge on any atom is 0.333 e. The lowest BCUT2D eigenvalue weighted by Gasteiger charge is -2.27. The summed E-state index contributed by atoms with van der Waals surface area (Å²) >= 11 is 0. The molecule has 0 unspecified atom stereocenters. The highest BCUT2D eigenvalue weighted by Crippen LogP contribution is 2.14. The average molecular weight is 607 g/mol. The monoisotopic (exact) mass is 606 g/mol. The van der Waals surface area contributed by atoms with Gasteiger partial charge in [0.15, 0.2) is 0 Å². The van der Waals surface area contributed by atoms with E-state index in [0.717, 1.165) is 5.57 Å². The Labute approximate surface area is 255 Å². The lowest BCUT2D eigenvalue weighted by Crippen LogP contribution is -2.42. The summed E-state index contributed by atoms with van der Waals surface area (Å²) in [5.41, 5.74) is -0.105. The Hall–Kier alpha value is -3.09. The lowest BCUT2D eigenvalue weighted by molar-refractivity contribution is -0.197. The normalized spacial score (nSPS) is 18.9. The van der Waals surface area contributed by atoms with Crippen molar-refractivity contribution in [2.45, 2.75) is 85.4 Å². The molecule has 2 fully saturated rings. The minimum absolute atomic E-state index is 0.0352. The third-order valence-electron chi connectivity index (χ3n) is 6.57. The van der Waals surface area contributed by atoms with Crippen LogP contribution in [0.1, 0.15) is 74.1 Å². The molecule has 0 aromatic carbocycles. The van der Waals surface area contributed by atoms with Crippen molar-refractivity contribution in [3.8, 4) is 0 Å². The summed E-state index contributed by atoms with van der Waals surface area (Å²) < 4.78 is 11.1. The quantitative estimate of drug-likeness (QED) is 0.196. The van der Waals surface area contributed by atoms with Gasteiger partial charge in [-0.15, -0.1) is 5.06 Å². The van der Waals surface area contributed by atoms with Crippen LogP contribution in [0.2, 0.25) is 0 Å². The number of allylic oxidation sites excluding steroid dienone is 2. The van der Waals surface area contributed by atoms with Gasteiger partial charge in [-0.25, -0.2) is 4.79 Å². The minimum Gasteiger partial charge on any atom is -0.459 e. The second-order valence-electron chi connectivity index (χ2n) is 12.9. The van der Waals surface area contributed by atoms with E-state index >= 15 is 0 Å². The van der Waals surface area contributed by atoms with Gasteiger partial charge in [0.2, 0.25) is 0 Å². The second kappa shape index (κ2) is 16.7. The zero-order chi connectivity index (χ0) is 32.2. The Morgan fingerprint density at radius 1 is 0.698 bits per heavy atom. The molecular formula is C31H50N4O8. The lowest BCUT2D eigenvalue weighted by atomic mass is 10.2. The molecule has 0 aliphatic carbocycles. The average Bonchev–Trinajstić information content (AvgIpc) is 3.22. The summed E-state index contributed by atoms with van der Waals surface area (Å²) in [5.74, 6) is -2.20. The number of ether oxygens (including phenoxy) is 2. The first-order chi connectivity index (χ1) is 20.0. The van der Waals surface area contributed by atoms with E-state index in [2.05, 4.69) is 14.7 Å². The third kappa shape index (κ3) is 14.8. The number of amides is 2. The van der Waals surface area contributed by atoms with Crippen LogP contribution in [0.25, 0.3) is 0 Å². The van der Waals surface area contributed by atoms with E-state index in [1.807, 2.05) is 66.7 Å². The number of hydroxylamine groups is 2. The molecular weight excluding hydrogens is 556 g/mol. The van der Waals surface area contributed by atoms with Crippen molar-refractivity contribution in [2.75, 3.05) is 58.9 Å². The molecule has 0 bridgehead atoms. The molecule has 0 saturated carbocycles. The van der Waals surface area contributed by atoms with Gasteiger partial charge >= 0.3 is 17.9 Å². The first-order valence-electron chi connectivity index (χ1n) is 15.0. The molecule has 43 heavy (non-hydrogen) atoms. The molecule has 242 valence electrons. The van der Waals surface area contributed by atoms with Crippen LogP contribution in [0.4, 0.5) is 0 Å². The highest BCUT2D eigenvalue weighted by Gasteiger charge is 2.32. The molecule has 0 aromatic heterocycles. The van der Waals surface area contributed by atoms with Gasteiger partial charge in [-0.2, -0.15) is 0 Å². The number of carbonyl (C=O) groups excluding carboxylic acids is 5. The van der Waals surface area contributed by atoms with E-state index in [1.165, 1.54) is 0 Å². The molecule has 0 radical (unpaired) electrons. The highest BCUT2D eigenvalue weighted by molar-refractivity contribution is 6.01. The van der Waals surface area contributed by atoms with Crippen LogP contribution in [0.5, 0.6) is 0 Å². The molecule has 2 amide bonds. The van der Waals surface area contributed by atoms with E-state index in [4.69, 9.17) is 14.3 Å². The van der Waals surface area contributed by atoms with Crippen molar-refractivity contribution in [3.63, 3.8) is 0 Å². The zero-order valence-corrected chi connectivity index (χ0v) is 27.0. The number of imide groups is 1. The van der Waals surface area contributed by atoms with Crippen molar-refractivity contribution in [2.24, 2.45) is 0 Å². The van der Waals surface area contributed by atoms with Crippen molar-refractivity contribution >= 4 is 29.7 Å². The van der Waals surface area contributed by atoms with E-state index in [1.54, 1.807) is 0 Å². The fourth-order valence-electron chi connectivity index (χ4n) is 4.51. The maximum atomic E-state index is 12.6. The van der Waals surface area contributed by atoms with Crippen LogP contribution in [-0.2, 0) is 38.3 Å². The van der Waals surface area contributed by atoms with Gasteiger partial charge in [0, 0.05) is 58.7 Å². The topological polar surface area (TPSA) is 126 Å². The Balaban J connectivity index is 2.00. The van der Waals surface area contributed by atoms with Gasteiger partial charge in [0.05, 0.1) is 19.5 Å². The number of carbonyl (C=O) groups is 5. The predicted octanol–water partition coefficient (Wildman–Crippen LogP) is 2.48. The smallest absolute Gasteiger partial charge is 0.333 e. The fraction of sp³-hybridized carbons (Fsp3) is 0.710. The van der Waals surface area contributed by atoms with Crippen molar-refractivity contribution in [3.05, 3.63) is 23.8 Å². The van der Waals surface area contributed by atoms with Crippen LogP contribution >= 0.6 is 0 Å². The number of nitrogens with zero attached hydrogens (tertiary/aromatic N) is 4. The molecule has 12 heteroatoms. The summed E-state index contributed by atoms with van der Waals surface area (Å²) in [6.07, 6.45) is 6.36. The zero-order valence-electron chi connectivity index (χ0n) is 27.0. The Bertz CT molecular complexity index is 999. The van der Waals surface area contributed by atoms with E-state index in [-0.39, 0.29) is 44.3 Å². The van der Waals surface area contributed by atoms with Crippen LogP contribution < -0.4 is 0 Å². The first kappa shape index (κ1) is 36.1. The number of hydrogen-bond acceptors (Lipinski definition) is 11. The SMILES string of the molecule is C/C=C(\C=C/CCC(=O)ON1C(=O)CCC1=O)CN1CCN(CC(=O)OC(C)(C)C)CCN(CC(=O)OC(C)(C)C)CC1. The standard InChI is InChI=1S/C31H50N4O8/c1-8-24(11-9-10-12-27(38)43-35-25(36)13-14-26(35)37)21-32-15-17-33(22-28(39)41-30(2,3)4)19-20-34(18-16-32)23-29(40)42-31(5,6)7/h8-9,11H,10,12-23H2,1-7H3/b11-9-,24-8+. The summed E-state index contributed by atoms with van der Waals surface area (Å²) in [6.45, 7) is 17.9. The third-order valence-corrected chi connectivity index (χ3v) is 6.57. The number of esters is 2. The van der Waals surface area contributed by atoms with Gasteiger partial charge in [-0.1, -0.05) is 18.2 Å². The fourth-order valence-corrected chi connectivity index (χ4v) is 4.51. The molecule has 0 atom stereocenters. The van der Waals surface area contributed by atoms with Crippen molar-refractivity contribution < 1.29 is 38.3 Å². The summed E-state index contributed by atoms with van der Waals surface area (Å²) in [7, 11) is 0. The maximum absolute atomic E-state index is 12.6. The molecule has 0 N–H and O–H groups in total. The Morgan fingerprint density at radius 3 is 1.51 bits per heavy atom. The van der Waals surface area contributed by atoms with Crippen LogP contribution in [0.3, 0.4) is 0 Å². The van der Waals surface area contributed by atoms with Gasteiger partial charge in [-0.3, -0.25) is 33.9 Å². The molecule has 12 nitrogen and oxygen atoms in total. The predicted molar refractivity (Wildman–Crippen MR) is 160 cm³/mol. The number of hydrogen-bond donors (Lipinski definition) is 0. The van der Waals surface area contributed by atoms with Crippen molar-refractivity contribution in [1.82, 2.24) is 19.8 Å². The molecule has 2 rings (SSSR count). The van der Waals surface area contributed by atoms with E-state index in [0.29, 0.717) is 57.3 Å². The number of rotatable bonds is 11. The molecule has 2 saturated heterocycles.